The fourth-order valence-electron chi connectivity index (χ4n) is 6.63. The predicted octanol–water partition coefficient (Wildman–Crippen LogP) is 3.26. The van der Waals surface area contributed by atoms with Gasteiger partial charge in [-0.15, -0.1) is 0 Å². The Labute approximate surface area is 250 Å². The molecule has 0 radical (unpaired) electrons. The topological polar surface area (TPSA) is 181 Å². The molecule has 2 aliphatic carbocycles. The molecule has 0 amide bonds. The molecule has 2 aliphatic rings. The maximum Gasteiger partial charge on any atom is 0.341 e. The highest BCUT2D eigenvalue weighted by molar-refractivity contribution is 5.77. The van der Waals surface area contributed by atoms with Crippen molar-refractivity contribution >= 4 is 22.2 Å². The summed E-state index contributed by atoms with van der Waals surface area (Å²) >= 11 is 0. The van der Waals surface area contributed by atoms with E-state index >= 15 is 0 Å². The van der Waals surface area contributed by atoms with Crippen molar-refractivity contribution in [1.82, 2.24) is 19.9 Å². The number of nitrogens with zero attached hydrogens (tertiary/aromatic N) is 1. The summed E-state index contributed by atoms with van der Waals surface area (Å²) in [5.74, 6) is 7.06. The maximum absolute atomic E-state index is 13.1. The largest absolute Gasteiger partial charge is 0.451 e. The summed E-state index contributed by atoms with van der Waals surface area (Å²) < 4.78 is 16.1. The number of ether oxygens (including phenoxy) is 1. The van der Waals surface area contributed by atoms with E-state index in [4.69, 9.17) is 13.6 Å². The number of aromatic amines is 3. The SMILES string of the molecule is CCc1cc(=O)oc2nc(OCC#CC3CC3C(C)CCc3c(C4CCCCC4)c(=O)oc4[nH]c(=O)[nH]c(=O)c34)[nH]c(=O)c12. The number of aromatic nitrogens is 4. The standard InChI is InChI=1S/C32H34N4O8/c1-3-17-15-22(37)43-28-24(17)26(38)34-32(36-28)42-13-7-10-19-14-21(19)16(2)11-12-20-23(18-8-5-4-6-9-18)30(40)44-29-25(20)27(39)33-31(41)35-29/h15-16,18-19,21H,3-6,8-9,11-14H2,1-2H3,(H,34,36,38)(H2,33,35,39,41). The molecule has 4 aromatic rings. The minimum Gasteiger partial charge on any atom is -0.451 e. The van der Waals surface area contributed by atoms with Crippen LogP contribution < -0.4 is 32.8 Å². The van der Waals surface area contributed by atoms with Crippen molar-refractivity contribution in [3.8, 4) is 17.9 Å². The second-order valence-corrected chi connectivity index (χ2v) is 11.9. The van der Waals surface area contributed by atoms with E-state index in [9.17, 15) is 24.0 Å². The summed E-state index contributed by atoms with van der Waals surface area (Å²) in [5, 5.41) is 0.486. The third-order valence-corrected chi connectivity index (χ3v) is 9.01. The first kappa shape index (κ1) is 29.4. The molecule has 12 nitrogen and oxygen atoms in total. The summed E-state index contributed by atoms with van der Waals surface area (Å²) in [6.07, 6.45) is 7.58. The van der Waals surface area contributed by atoms with Crippen LogP contribution in [0.1, 0.15) is 81.4 Å². The monoisotopic (exact) mass is 602 g/mol. The van der Waals surface area contributed by atoms with Gasteiger partial charge in [-0.3, -0.25) is 24.5 Å². The summed E-state index contributed by atoms with van der Waals surface area (Å²) in [4.78, 5) is 73.7. The molecule has 2 fully saturated rings. The number of aryl methyl sites for hydroxylation is 2. The molecule has 0 spiro atoms. The first-order valence-corrected chi connectivity index (χ1v) is 15.2. The van der Waals surface area contributed by atoms with Crippen molar-refractivity contribution < 1.29 is 13.6 Å². The summed E-state index contributed by atoms with van der Waals surface area (Å²) in [5.41, 5.74) is -1.07. The zero-order valence-electron chi connectivity index (χ0n) is 24.7. The number of hydrogen-bond acceptors (Lipinski definition) is 9. The lowest BCUT2D eigenvalue weighted by Gasteiger charge is -2.24. The molecule has 6 rings (SSSR count). The van der Waals surface area contributed by atoms with Crippen LogP contribution in [-0.2, 0) is 12.8 Å². The summed E-state index contributed by atoms with van der Waals surface area (Å²) in [6, 6.07) is 1.22. The Morgan fingerprint density at radius 1 is 1.02 bits per heavy atom. The number of nitrogens with one attached hydrogen (secondary N) is 3. The Bertz CT molecular complexity index is 2080. The van der Waals surface area contributed by atoms with Crippen LogP contribution in [0.3, 0.4) is 0 Å². The highest BCUT2D eigenvalue weighted by atomic mass is 16.5. The van der Waals surface area contributed by atoms with Crippen LogP contribution in [0, 0.1) is 29.6 Å². The van der Waals surface area contributed by atoms with Gasteiger partial charge in [-0.25, -0.2) is 14.4 Å². The van der Waals surface area contributed by atoms with Gasteiger partial charge >= 0.3 is 23.0 Å². The van der Waals surface area contributed by atoms with Gasteiger partial charge in [-0.05, 0) is 67.4 Å². The molecule has 0 aliphatic heterocycles. The van der Waals surface area contributed by atoms with Crippen molar-refractivity contribution in [3.05, 3.63) is 74.8 Å². The van der Waals surface area contributed by atoms with Crippen LogP contribution in [0.4, 0.5) is 0 Å². The Balaban J connectivity index is 1.13. The van der Waals surface area contributed by atoms with Crippen LogP contribution in [0.5, 0.6) is 6.01 Å². The number of rotatable bonds is 8. The average molecular weight is 603 g/mol. The van der Waals surface area contributed by atoms with Gasteiger partial charge in [-0.1, -0.05) is 45.0 Å². The van der Waals surface area contributed by atoms with E-state index in [1.807, 2.05) is 6.92 Å². The molecule has 4 heterocycles. The third-order valence-electron chi connectivity index (χ3n) is 9.01. The van der Waals surface area contributed by atoms with Crippen molar-refractivity contribution in [2.75, 3.05) is 6.61 Å². The van der Waals surface area contributed by atoms with E-state index < -0.39 is 28.1 Å². The molecule has 12 heteroatoms. The smallest absolute Gasteiger partial charge is 0.341 e. The molecule has 230 valence electrons. The lowest BCUT2D eigenvalue weighted by Crippen LogP contribution is -2.27. The van der Waals surface area contributed by atoms with E-state index in [1.165, 1.54) is 6.07 Å². The van der Waals surface area contributed by atoms with Crippen LogP contribution in [0.15, 0.2) is 38.9 Å². The quantitative estimate of drug-likeness (QED) is 0.255. The van der Waals surface area contributed by atoms with Gasteiger partial charge in [0.05, 0.1) is 0 Å². The molecule has 0 saturated heterocycles. The Hall–Kier alpha value is -4.66. The summed E-state index contributed by atoms with van der Waals surface area (Å²) in [7, 11) is 0. The first-order valence-electron chi connectivity index (χ1n) is 15.2. The average Bonchev–Trinajstić information content (AvgIpc) is 3.77. The van der Waals surface area contributed by atoms with Crippen LogP contribution >= 0.6 is 0 Å². The molecule has 0 aromatic carbocycles. The van der Waals surface area contributed by atoms with E-state index in [-0.39, 0.29) is 52.6 Å². The number of H-pyrrole nitrogens is 3. The zero-order valence-corrected chi connectivity index (χ0v) is 24.7. The van der Waals surface area contributed by atoms with Gasteiger partial charge < -0.3 is 13.6 Å². The molecule has 4 aromatic heterocycles. The van der Waals surface area contributed by atoms with E-state index in [2.05, 4.69) is 38.7 Å². The van der Waals surface area contributed by atoms with Gasteiger partial charge in [0, 0.05) is 17.5 Å². The van der Waals surface area contributed by atoms with Crippen molar-refractivity contribution in [2.24, 2.45) is 17.8 Å². The highest BCUT2D eigenvalue weighted by Crippen LogP contribution is 2.45. The molecule has 3 unspecified atom stereocenters. The Morgan fingerprint density at radius 2 is 1.80 bits per heavy atom. The van der Waals surface area contributed by atoms with Gasteiger partial charge in [-0.2, -0.15) is 4.98 Å². The van der Waals surface area contributed by atoms with Gasteiger partial charge in [0.15, 0.2) is 6.61 Å². The Kier molecular flexibility index (Phi) is 8.12. The minimum absolute atomic E-state index is 0.00125. The zero-order chi connectivity index (χ0) is 31.0. The third kappa shape index (κ3) is 5.91. The Morgan fingerprint density at radius 3 is 2.57 bits per heavy atom. The normalized spacial score (nSPS) is 19.0. The second kappa shape index (κ2) is 12.1. The van der Waals surface area contributed by atoms with Gasteiger partial charge in [0.25, 0.3) is 11.1 Å². The number of fused-ring (bicyclic) bond motifs is 2. The first-order chi connectivity index (χ1) is 21.2. The fraction of sp³-hybridized carbons (Fsp3) is 0.500. The van der Waals surface area contributed by atoms with Crippen LogP contribution in [0.25, 0.3) is 22.2 Å². The predicted molar refractivity (Wildman–Crippen MR) is 162 cm³/mol. The minimum atomic E-state index is -0.709. The molecule has 2 saturated carbocycles. The molecule has 0 bridgehead atoms. The van der Waals surface area contributed by atoms with Gasteiger partial charge in [0.1, 0.15) is 10.8 Å². The van der Waals surface area contributed by atoms with Crippen molar-refractivity contribution in [1.29, 1.82) is 0 Å². The van der Waals surface area contributed by atoms with Crippen LogP contribution in [0.2, 0.25) is 0 Å². The lowest BCUT2D eigenvalue weighted by molar-refractivity contribution is 0.337. The van der Waals surface area contributed by atoms with Crippen LogP contribution in [-0.4, -0.2) is 26.5 Å². The second-order valence-electron chi connectivity index (χ2n) is 11.9. The van der Waals surface area contributed by atoms with E-state index in [1.54, 1.807) is 0 Å². The summed E-state index contributed by atoms with van der Waals surface area (Å²) in [6.45, 7) is 3.98. The molecule has 3 N–H and O–H groups in total. The molecular weight excluding hydrogens is 568 g/mol. The highest BCUT2D eigenvalue weighted by Gasteiger charge is 2.39. The van der Waals surface area contributed by atoms with E-state index in [0.717, 1.165) is 44.9 Å². The maximum atomic E-state index is 13.1. The molecule has 44 heavy (non-hydrogen) atoms. The van der Waals surface area contributed by atoms with E-state index in [0.29, 0.717) is 35.4 Å². The lowest BCUT2D eigenvalue weighted by atomic mass is 9.81. The van der Waals surface area contributed by atoms with Crippen molar-refractivity contribution in [3.63, 3.8) is 0 Å². The number of hydrogen-bond donors (Lipinski definition) is 3. The molecule has 3 atom stereocenters. The van der Waals surface area contributed by atoms with Crippen molar-refractivity contribution in [2.45, 2.75) is 77.6 Å². The molecular formula is C32H34N4O8. The fourth-order valence-corrected chi connectivity index (χ4v) is 6.63. The van der Waals surface area contributed by atoms with Gasteiger partial charge in [0.2, 0.25) is 11.4 Å².